The van der Waals surface area contributed by atoms with Gasteiger partial charge in [0.25, 0.3) is 5.91 Å². The maximum absolute atomic E-state index is 12.5. The van der Waals surface area contributed by atoms with E-state index in [2.05, 4.69) is 5.92 Å². The number of amides is 2. The predicted octanol–water partition coefficient (Wildman–Crippen LogP) is 2.03. The number of hydrogen-bond donors (Lipinski definition) is 1. The Labute approximate surface area is 120 Å². The van der Waals surface area contributed by atoms with Gasteiger partial charge in [-0.2, -0.15) is 0 Å². The van der Waals surface area contributed by atoms with E-state index in [1.807, 2.05) is 13.8 Å². The van der Waals surface area contributed by atoms with E-state index in [0.29, 0.717) is 24.2 Å². The van der Waals surface area contributed by atoms with E-state index in [1.54, 1.807) is 11.0 Å². The van der Waals surface area contributed by atoms with Crippen LogP contribution in [0, 0.1) is 12.3 Å². The van der Waals surface area contributed by atoms with Crippen LogP contribution in [0.3, 0.4) is 0 Å². The van der Waals surface area contributed by atoms with Crippen LogP contribution >= 0.6 is 0 Å². The lowest BCUT2D eigenvalue weighted by molar-refractivity contribution is 0.0755. The topological polar surface area (TPSA) is 63.4 Å². The van der Waals surface area contributed by atoms with Crippen LogP contribution in [0.15, 0.2) is 18.2 Å². The number of carbonyl (C=O) groups excluding carboxylic acids is 2. The molecule has 2 amide bonds. The number of rotatable bonds is 6. The lowest BCUT2D eigenvalue weighted by Crippen LogP contribution is -2.32. The largest absolute Gasteiger partial charge is 0.366 e. The molecule has 4 nitrogen and oxygen atoms in total. The third-order valence-electron chi connectivity index (χ3n) is 2.91. The highest BCUT2D eigenvalue weighted by molar-refractivity contribution is 5.99. The molecule has 0 aliphatic carbocycles. The van der Waals surface area contributed by atoms with Crippen LogP contribution in [0.1, 0.15) is 53.0 Å². The van der Waals surface area contributed by atoms with Crippen molar-refractivity contribution in [3.8, 4) is 12.3 Å². The number of terminal acetylenes is 1. The lowest BCUT2D eigenvalue weighted by Gasteiger charge is -2.21. The minimum atomic E-state index is -0.589. The molecule has 20 heavy (non-hydrogen) atoms. The van der Waals surface area contributed by atoms with Gasteiger partial charge in [-0.15, -0.1) is 6.42 Å². The summed E-state index contributed by atoms with van der Waals surface area (Å²) in [5.41, 5.74) is 6.43. The van der Waals surface area contributed by atoms with Crippen LogP contribution in [0.4, 0.5) is 0 Å². The number of hydrogen-bond acceptors (Lipinski definition) is 2. The normalized spacial score (nSPS) is 9.85. The Morgan fingerprint density at radius 3 is 2.15 bits per heavy atom. The van der Waals surface area contributed by atoms with Crippen LogP contribution in [0.25, 0.3) is 0 Å². The molecule has 1 aromatic carbocycles. The van der Waals surface area contributed by atoms with Crippen LogP contribution in [-0.4, -0.2) is 29.8 Å². The highest BCUT2D eigenvalue weighted by atomic mass is 16.2. The number of primary amides is 1. The summed E-state index contributed by atoms with van der Waals surface area (Å²) in [7, 11) is 0. The Morgan fingerprint density at radius 1 is 1.15 bits per heavy atom. The minimum Gasteiger partial charge on any atom is -0.366 e. The molecule has 4 heteroatoms. The van der Waals surface area contributed by atoms with E-state index in [1.165, 1.54) is 12.1 Å². The summed E-state index contributed by atoms with van der Waals surface area (Å²) in [5.74, 6) is 1.74. The van der Waals surface area contributed by atoms with Crippen LogP contribution in [0.5, 0.6) is 0 Å². The van der Waals surface area contributed by atoms with Gasteiger partial charge >= 0.3 is 0 Å². The standard InChI is InChI=1S/C16H20N2O2/c1-4-7-18(8-5-2)16(20)14-10-12(6-3)9-13(11-14)15(17)19/h3,9-11H,4-5,7-8H2,1-2H3,(H2,17,19). The SMILES string of the molecule is C#Cc1cc(C(N)=O)cc(C(=O)N(CCC)CCC)c1. The molecule has 0 saturated carbocycles. The molecule has 0 aliphatic rings. The first-order valence-corrected chi connectivity index (χ1v) is 6.74. The highest BCUT2D eigenvalue weighted by Gasteiger charge is 2.16. The minimum absolute atomic E-state index is 0.117. The van der Waals surface area contributed by atoms with Gasteiger partial charge < -0.3 is 10.6 Å². The molecule has 0 aromatic heterocycles. The van der Waals surface area contributed by atoms with Gasteiger partial charge in [0, 0.05) is 29.8 Å². The summed E-state index contributed by atoms with van der Waals surface area (Å²) in [4.78, 5) is 25.5. The average molecular weight is 272 g/mol. The Bertz CT molecular complexity index is 538. The number of nitrogens with two attached hydrogens (primary N) is 1. The molecule has 1 aromatic rings. The van der Waals surface area contributed by atoms with Gasteiger partial charge in [-0.25, -0.2) is 0 Å². The molecular weight excluding hydrogens is 252 g/mol. The second-order valence-corrected chi connectivity index (χ2v) is 4.60. The van der Waals surface area contributed by atoms with Crippen LogP contribution in [-0.2, 0) is 0 Å². The maximum Gasteiger partial charge on any atom is 0.253 e. The van der Waals surface area contributed by atoms with Gasteiger partial charge in [0.2, 0.25) is 5.91 Å². The summed E-state index contributed by atoms with van der Waals surface area (Å²) in [6.45, 7) is 5.39. The first-order valence-electron chi connectivity index (χ1n) is 6.74. The van der Waals surface area contributed by atoms with Gasteiger partial charge in [-0.3, -0.25) is 9.59 Å². The average Bonchev–Trinajstić information content (AvgIpc) is 2.45. The molecule has 2 N–H and O–H groups in total. The first kappa shape index (κ1) is 15.8. The van der Waals surface area contributed by atoms with Gasteiger partial charge in [0.15, 0.2) is 0 Å². The highest BCUT2D eigenvalue weighted by Crippen LogP contribution is 2.13. The van der Waals surface area contributed by atoms with E-state index in [4.69, 9.17) is 12.2 Å². The Morgan fingerprint density at radius 2 is 1.70 bits per heavy atom. The van der Waals surface area contributed by atoms with Crippen molar-refractivity contribution in [1.29, 1.82) is 0 Å². The summed E-state index contributed by atoms with van der Waals surface area (Å²) in [6, 6.07) is 4.64. The molecule has 0 saturated heterocycles. The van der Waals surface area contributed by atoms with Crippen molar-refractivity contribution in [2.24, 2.45) is 5.73 Å². The van der Waals surface area contributed by atoms with E-state index < -0.39 is 5.91 Å². The first-order chi connectivity index (χ1) is 9.53. The number of carbonyl (C=O) groups is 2. The van der Waals surface area contributed by atoms with E-state index in [9.17, 15) is 9.59 Å². The van der Waals surface area contributed by atoms with Gasteiger partial charge in [-0.05, 0) is 31.0 Å². The van der Waals surface area contributed by atoms with Crippen molar-refractivity contribution in [3.05, 3.63) is 34.9 Å². The fourth-order valence-corrected chi connectivity index (χ4v) is 2.01. The molecule has 0 aliphatic heterocycles. The lowest BCUT2D eigenvalue weighted by atomic mass is 10.0. The summed E-state index contributed by atoms with van der Waals surface area (Å²) < 4.78 is 0. The molecule has 1 rings (SSSR count). The third-order valence-corrected chi connectivity index (χ3v) is 2.91. The summed E-state index contributed by atoms with van der Waals surface area (Å²) >= 11 is 0. The smallest absolute Gasteiger partial charge is 0.253 e. The van der Waals surface area contributed by atoms with Crippen molar-refractivity contribution < 1.29 is 9.59 Å². The molecule has 0 radical (unpaired) electrons. The number of benzene rings is 1. The summed E-state index contributed by atoms with van der Waals surface area (Å²) in [6.07, 6.45) is 7.11. The monoisotopic (exact) mass is 272 g/mol. The maximum atomic E-state index is 12.5. The molecule has 0 heterocycles. The third kappa shape index (κ3) is 3.86. The molecule has 0 unspecified atom stereocenters. The predicted molar refractivity (Wildman–Crippen MR) is 79.4 cm³/mol. The second-order valence-electron chi connectivity index (χ2n) is 4.60. The fraction of sp³-hybridized carbons (Fsp3) is 0.375. The summed E-state index contributed by atoms with van der Waals surface area (Å²) in [5, 5.41) is 0. The zero-order valence-corrected chi connectivity index (χ0v) is 12.0. The molecule has 106 valence electrons. The van der Waals surface area contributed by atoms with Crippen LogP contribution in [0.2, 0.25) is 0 Å². The zero-order valence-electron chi connectivity index (χ0n) is 12.0. The Balaban J connectivity index is 3.16. The van der Waals surface area contributed by atoms with Crippen molar-refractivity contribution >= 4 is 11.8 Å². The van der Waals surface area contributed by atoms with E-state index in [0.717, 1.165) is 12.8 Å². The zero-order chi connectivity index (χ0) is 15.1. The van der Waals surface area contributed by atoms with E-state index >= 15 is 0 Å². The molecule has 0 spiro atoms. The molecular formula is C16H20N2O2. The molecule has 0 atom stereocenters. The van der Waals surface area contributed by atoms with Crippen molar-refractivity contribution in [3.63, 3.8) is 0 Å². The van der Waals surface area contributed by atoms with Crippen LogP contribution < -0.4 is 5.73 Å². The van der Waals surface area contributed by atoms with Gasteiger partial charge in [0.05, 0.1) is 0 Å². The van der Waals surface area contributed by atoms with Gasteiger partial charge in [0.1, 0.15) is 0 Å². The molecule has 0 bridgehead atoms. The van der Waals surface area contributed by atoms with Crippen molar-refractivity contribution in [1.82, 2.24) is 4.90 Å². The quantitative estimate of drug-likeness (QED) is 0.805. The van der Waals surface area contributed by atoms with Crippen molar-refractivity contribution in [2.75, 3.05) is 13.1 Å². The van der Waals surface area contributed by atoms with Gasteiger partial charge in [-0.1, -0.05) is 19.8 Å². The van der Waals surface area contributed by atoms with Crippen molar-refractivity contribution in [2.45, 2.75) is 26.7 Å². The fourth-order valence-electron chi connectivity index (χ4n) is 2.01. The Kier molecular flexibility index (Phi) is 5.79. The Hall–Kier alpha value is -2.28. The molecule has 0 fully saturated rings. The number of nitrogens with zero attached hydrogens (tertiary/aromatic N) is 1. The van der Waals surface area contributed by atoms with E-state index in [-0.39, 0.29) is 11.5 Å². The second kappa shape index (κ2) is 7.34.